The second-order valence-electron chi connectivity index (χ2n) is 17.1. The minimum Gasteiger partial charge on any atom is -0.491 e. The molecule has 12 heteroatoms. The van der Waals surface area contributed by atoms with Crippen LogP contribution in [0.2, 0.25) is 0 Å². The van der Waals surface area contributed by atoms with Crippen molar-refractivity contribution in [2.75, 3.05) is 51.1 Å². The molecule has 62 heavy (non-hydrogen) atoms. The minimum absolute atomic E-state index is 0.125. The second kappa shape index (κ2) is 21.3. The average molecular weight is 891 g/mol. The topological polar surface area (TPSA) is 146 Å². The predicted molar refractivity (Wildman–Crippen MR) is 243 cm³/mol. The van der Waals surface area contributed by atoms with Crippen molar-refractivity contribution < 1.29 is 46.0 Å². The number of rotatable bonds is 21. The first kappa shape index (κ1) is 47.7. The Bertz CT molecular complexity index is 2110. The third-order valence-corrected chi connectivity index (χ3v) is 17.3. The molecule has 2 heterocycles. The maximum Gasteiger partial charge on any atom is 0.179 e. The van der Waals surface area contributed by atoms with Crippen LogP contribution in [0.4, 0.5) is 0 Å². The first-order chi connectivity index (χ1) is 29.8. The van der Waals surface area contributed by atoms with Gasteiger partial charge in [-0.3, -0.25) is 0 Å². The van der Waals surface area contributed by atoms with Gasteiger partial charge in [0.25, 0.3) is 0 Å². The van der Waals surface area contributed by atoms with Gasteiger partial charge in [0.2, 0.25) is 0 Å². The first-order valence-electron chi connectivity index (χ1n) is 22.5. The lowest BCUT2D eigenvalue weighted by atomic mass is 9.69. The van der Waals surface area contributed by atoms with Crippen molar-refractivity contribution in [3.63, 3.8) is 0 Å². The molecule has 0 amide bonds. The number of aliphatic hydroxyl groups excluding tert-OH is 2. The lowest BCUT2D eigenvalue weighted by molar-refractivity contribution is 0.0173. The maximum absolute atomic E-state index is 14.1. The Morgan fingerprint density at radius 3 is 1.26 bits per heavy atom. The van der Waals surface area contributed by atoms with E-state index in [-0.39, 0.29) is 47.7 Å². The second-order valence-corrected chi connectivity index (χ2v) is 21.1. The highest BCUT2D eigenvalue weighted by molar-refractivity contribution is 7.91. The molecule has 4 aromatic carbocycles. The molecular weight excluding hydrogens is 825 g/mol. The number of hydrogen-bond donors (Lipinski definition) is 2. The standard InChI is InChI=1S/C50H66O10S2/c1-5-9-25-49(7-3)35-61(53,54)43-33-39(21-23-41(43)45(47(49)51)37-17-13-11-14-18-37)59-31-29-57-27-28-58-30-32-60-40-22-24-42-44(34-40)62(55,56)36-50(8-4,26-10-6-2)48(52)46(42)38-19-15-12-16-20-38/h11-24,33-34,45-48,51-52H,5-10,25-32,35-36H2,1-4H3/t45-,46-,47-,48-,49-,50-/m1/s1. The summed E-state index contributed by atoms with van der Waals surface area (Å²) in [6.07, 6.45) is 4.07. The zero-order valence-corrected chi connectivity index (χ0v) is 38.5. The Hall–Kier alpha value is -3.78. The van der Waals surface area contributed by atoms with Crippen LogP contribution < -0.4 is 9.47 Å². The van der Waals surface area contributed by atoms with Gasteiger partial charge in [-0.2, -0.15) is 0 Å². The molecule has 338 valence electrons. The van der Waals surface area contributed by atoms with Gasteiger partial charge in [-0.25, -0.2) is 16.8 Å². The predicted octanol–water partition coefficient (Wildman–Crippen LogP) is 8.91. The number of hydrogen-bond acceptors (Lipinski definition) is 10. The van der Waals surface area contributed by atoms with Crippen LogP contribution in [0.5, 0.6) is 11.5 Å². The average Bonchev–Trinajstić information content (AvgIpc) is 3.40. The van der Waals surface area contributed by atoms with Gasteiger partial charge >= 0.3 is 0 Å². The Kier molecular flexibility index (Phi) is 16.4. The Morgan fingerprint density at radius 2 is 0.903 bits per heavy atom. The number of sulfone groups is 2. The Balaban J connectivity index is 1.02. The third-order valence-electron chi connectivity index (χ3n) is 13.3. The van der Waals surface area contributed by atoms with E-state index < -0.39 is 54.5 Å². The molecule has 0 aromatic heterocycles. The van der Waals surface area contributed by atoms with Crippen molar-refractivity contribution in [1.29, 1.82) is 0 Å². The van der Waals surface area contributed by atoms with Crippen LogP contribution >= 0.6 is 0 Å². The van der Waals surface area contributed by atoms with Gasteiger partial charge in [-0.05, 0) is 72.2 Å². The smallest absolute Gasteiger partial charge is 0.179 e. The number of aliphatic hydroxyl groups is 2. The van der Waals surface area contributed by atoms with Crippen LogP contribution in [0, 0.1) is 10.8 Å². The summed E-state index contributed by atoms with van der Waals surface area (Å²) in [7, 11) is -7.52. The monoisotopic (exact) mass is 890 g/mol. The first-order valence-corrected chi connectivity index (χ1v) is 25.8. The van der Waals surface area contributed by atoms with Crippen LogP contribution in [0.1, 0.15) is 113 Å². The third kappa shape index (κ3) is 10.6. The van der Waals surface area contributed by atoms with Crippen molar-refractivity contribution in [1.82, 2.24) is 0 Å². The molecule has 0 unspecified atom stereocenters. The quantitative estimate of drug-likeness (QED) is 0.0778. The van der Waals surface area contributed by atoms with Gasteiger partial charge < -0.3 is 29.2 Å². The largest absolute Gasteiger partial charge is 0.491 e. The zero-order chi connectivity index (χ0) is 44.4. The van der Waals surface area contributed by atoms with E-state index in [0.717, 1.165) is 36.8 Å². The van der Waals surface area contributed by atoms with E-state index >= 15 is 0 Å². The zero-order valence-electron chi connectivity index (χ0n) is 36.8. The van der Waals surface area contributed by atoms with E-state index in [1.165, 1.54) is 0 Å². The van der Waals surface area contributed by atoms with Gasteiger partial charge in [0.1, 0.15) is 24.7 Å². The summed E-state index contributed by atoms with van der Waals surface area (Å²) < 4.78 is 79.8. The summed E-state index contributed by atoms with van der Waals surface area (Å²) >= 11 is 0. The highest BCUT2D eigenvalue weighted by atomic mass is 32.2. The molecule has 0 aliphatic carbocycles. The number of ether oxygens (including phenoxy) is 4. The Morgan fingerprint density at radius 1 is 0.532 bits per heavy atom. The van der Waals surface area contributed by atoms with Crippen molar-refractivity contribution >= 4 is 19.7 Å². The van der Waals surface area contributed by atoms with Crippen molar-refractivity contribution in [3.05, 3.63) is 119 Å². The molecule has 2 aliphatic heterocycles. The molecule has 2 aliphatic rings. The van der Waals surface area contributed by atoms with Crippen LogP contribution in [-0.2, 0) is 29.1 Å². The fourth-order valence-electron chi connectivity index (χ4n) is 9.67. The van der Waals surface area contributed by atoms with Gasteiger partial charge in [0.05, 0.1) is 59.9 Å². The highest BCUT2D eigenvalue weighted by Crippen LogP contribution is 2.51. The lowest BCUT2D eigenvalue weighted by Gasteiger charge is -2.39. The van der Waals surface area contributed by atoms with Crippen LogP contribution in [0.25, 0.3) is 0 Å². The van der Waals surface area contributed by atoms with Crippen LogP contribution in [0.3, 0.4) is 0 Å². The molecule has 6 rings (SSSR count). The van der Waals surface area contributed by atoms with E-state index in [9.17, 15) is 27.0 Å². The summed E-state index contributed by atoms with van der Waals surface area (Å²) in [5.41, 5.74) is 1.37. The van der Waals surface area contributed by atoms with Crippen molar-refractivity contribution in [2.24, 2.45) is 10.8 Å². The molecule has 0 saturated heterocycles. The van der Waals surface area contributed by atoms with Gasteiger partial charge in [-0.1, -0.05) is 126 Å². The normalized spacial score (nSPS) is 25.2. The number of unbranched alkanes of at least 4 members (excludes halogenated alkanes) is 2. The van der Waals surface area contributed by atoms with E-state index in [2.05, 4.69) is 13.8 Å². The summed E-state index contributed by atoms with van der Waals surface area (Å²) in [6, 6.07) is 29.6. The molecule has 4 aromatic rings. The highest BCUT2D eigenvalue weighted by Gasteiger charge is 2.50. The number of benzene rings is 4. The van der Waals surface area contributed by atoms with E-state index in [0.29, 0.717) is 61.5 Å². The van der Waals surface area contributed by atoms with Crippen LogP contribution in [-0.4, -0.2) is 90.4 Å². The molecule has 0 saturated carbocycles. The van der Waals surface area contributed by atoms with E-state index in [1.807, 2.05) is 74.5 Å². The fraction of sp³-hybridized carbons (Fsp3) is 0.520. The van der Waals surface area contributed by atoms with E-state index in [4.69, 9.17) is 18.9 Å². The summed E-state index contributed by atoms with van der Waals surface area (Å²) in [5, 5.41) is 24.1. The molecule has 0 fully saturated rings. The summed E-state index contributed by atoms with van der Waals surface area (Å²) in [5.74, 6) is -0.412. The fourth-order valence-corrected chi connectivity index (χ4v) is 14.2. The summed E-state index contributed by atoms with van der Waals surface area (Å²) in [6.45, 7) is 9.62. The van der Waals surface area contributed by atoms with Gasteiger partial charge in [-0.15, -0.1) is 0 Å². The molecular formula is C50H66O10S2. The molecule has 10 nitrogen and oxygen atoms in total. The van der Waals surface area contributed by atoms with Crippen LogP contribution in [0.15, 0.2) is 107 Å². The van der Waals surface area contributed by atoms with Gasteiger partial charge in [0, 0.05) is 22.7 Å². The van der Waals surface area contributed by atoms with Crippen molar-refractivity contribution in [3.8, 4) is 11.5 Å². The summed E-state index contributed by atoms with van der Waals surface area (Å²) in [4.78, 5) is 0.407. The SMILES string of the molecule is CCCC[C@]1(CC)CS(=O)(=O)c2cc(OCCOCCOCCOc3ccc4c(c3)S(=O)(=O)C[C@@](CC)(CCCC)[C@H](O)[C@@H]4c3ccccc3)ccc2[C@@H](c2ccccc2)[C@H]1O. The van der Waals surface area contributed by atoms with Crippen molar-refractivity contribution in [2.45, 2.75) is 113 Å². The van der Waals surface area contributed by atoms with E-state index in [1.54, 1.807) is 36.4 Å². The van der Waals surface area contributed by atoms with Gasteiger partial charge in [0.15, 0.2) is 19.7 Å². The lowest BCUT2D eigenvalue weighted by Crippen LogP contribution is -2.42. The molecule has 2 N–H and O–H groups in total. The molecule has 0 bridgehead atoms. The molecule has 6 atom stereocenters. The molecule has 0 spiro atoms. The molecule has 0 radical (unpaired) electrons. The number of fused-ring (bicyclic) bond motifs is 2. The minimum atomic E-state index is -3.76. The Labute approximate surface area is 369 Å². The maximum atomic E-state index is 14.1.